The number of amides is 1. The molecule has 0 aliphatic heterocycles. The molecule has 1 amide bonds. The normalized spacial score (nSPS) is 21.1. The van der Waals surface area contributed by atoms with Crippen molar-refractivity contribution in [3.63, 3.8) is 0 Å². The van der Waals surface area contributed by atoms with E-state index in [2.05, 4.69) is 5.32 Å². The summed E-state index contributed by atoms with van der Waals surface area (Å²) in [5.74, 6) is -2.66. The minimum absolute atomic E-state index is 0.146. The number of nitrogens with one attached hydrogen (secondary N) is 1. The van der Waals surface area contributed by atoms with Crippen LogP contribution in [0.3, 0.4) is 0 Å². The molecule has 0 saturated heterocycles. The minimum Gasteiger partial charge on any atom is -0.456 e. The van der Waals surface area contributed by atoms with Crippen LogP contribution in [0.15, 0.2) is 18.2 Å². The van der Waals surface area contributed by atoms with Gasteiger partial charge in [0.25, 0.3) is 5.91 Å². The molecule has 1 aliphatic carbocycles. The van der Waals surface area contributed by atoms with Crippen LogP contribution in [0.2, 0.25) is 0 Å². The highest BCUT2D eigenvalue weighted by Gasteiger charge is 2.44. The van der Waals surface area contributed by atoms with Crippen molar-refractivity contribution in [2.75, 3.05) is 18.5 Å². The zero-order chi connectivity index (χ0) is 21.6. The smallest absolute Gasteiger partial charge is 0.307 e. The fourth-order valence-corrected chi connectivity index (χ4v) is 3.96. The first-order valence-electron chi connectivity index (χ1n) is 9.97. The molecule has 1 saturated carbocycles. The summed E-state index contributed by atoms with van der Waals surface area (Å²) in [7, 11) is 0. The Kier molecular flexibility index (Phi) is 7.87. The lowest BCUT2D eigenvalue weighted by atomic mass is 9.88. The standard InChI is InChI=1S/C21H28N2O6/c1-4-14-7-6-8-15(5-2)21(14)22-19(25)12-29-20(26)10-16-17(11-23(27)28)13(3)9-18(16)24/h6-8,13,16-17H,4-5,9-12H2,1-3H3,(H,22,25)/t13-,16-,17-/m1/s1. The van der Waals surface area contributed by atoms with Gasteiger partial charge in [0.15, 0.2) is 6.61 Å². The molecule has 1 aromatic rings. The van der Waals surface area contributed by atoms with Crippen molar-refractivity contribution >= 4 is 23.3 Å². The third-order valence-corrected chi connectivity index (χ3v) is 5.56. The van der Waals surface area contributed by atoms with Crippen molar-refractivity contribution in [3.8, 4) is 0 Å². The molecule has 158 valence electrons. The number of hydrogen-bond donors (Lipinski definition) is 1. The number of Topliss-reactive ketones (excluding diaryl/α,β-unsaturated/α-hetero) is 1. The van der Waals surface area contributed by atoms with Gasteiger partial charge in [-0.05, 0) is 29.9 Å². The first kappa shape index (κ1) is 22.5. The average molecular weight is 404 g/mol. The van der Waals surface area contributed by atoms with Crippen LogP contribution in [0, 0.1) is 27.9 Å². The third kappa shape index (κ3) is 5.85. The van der Waals surface area contributed by atoms with Gasteiger partial charge in [-0.3, -0.25) is 24.5 Å². The second-order valence-electron chi connectivity index (χ2n) is 7.50. The zero-order valence-electron chi connectivity index (χ0n) is 17.1. The van der Waals surface area contributed by atoms with Crippen LogP contribution in [0.25, 0.3) is 0 Å². The number of nitrogens with zero attached hydrogens (tertiary/aromatic N) is 1. The van der Waals surface area contributed by atoms with Gasteiger partial charge in [0.2, 0.25) is 6.54 Å². The molecule has 2 rings (SSSR count). The SMILES string of the molecule is CCc1cccc(CC)c1NC(=O)COC(=O)C[C@H]1C(=O)C[C@@H](C)[C@H]1C[N+](=O)[O-]. The minimum atomic E-state index is -0.724. The molecule has 0 radical (unpaired) electrons. The number of benzene rings is 1. The number of aryl methyl sites for hydroxylation is 2. The van der Waals surface area contributed by atoms with Gasteiger partial charge < -0.3 is 10.1 Å². The highest BCUT2D eigenvalue weighted by Crippen LogP contribution is 2.36. The van der Waals surface area contributed by atoms with Crippen LogP contribution in [0.5, 0.6) is 0 Å². The predicted molar refractivity (Wildman–Crippen MR) is 107 cm³/mol. The number of hydrogen-bond acceptors (Lipinski definition) is 6. The molecule has 1 fully saturated rings. The Bertz CT molecular complexity index is 769. The summed E-state index contributed by atoms with van der Waals surface area (Å²) in [5, 5.41) is 13.7. The summed E-state index contributed by atoms with van der Waals surface area (Å²) < 4.78 is 5.05. The highest BCUT2D eigenvalue weighted by atomic mass is 16.6. The second-order valence-corrected chi connectivity index (χ2v) is 7.50. The van der Waals surface area contributed by atoms with Crippen LogP contribution in [0.1, 0.15) is 44.7 Å². The van der Waals surface area contributed by atoms with E-state index in [0.717, 1.165) is 29.7 Å². The quantitative estimate of drug-likeness (QED) is 0.384. The summed E-state index contributed by atoms with van der Waals surface area (Å²) in [5.41, 5.74) is 2.73. The maximum atomic E-state index is 12.3. The number of anilines is 1. The predicted octanol–water partition coefficient (Wildman–Crippen LogP) is 2.80. The maximum absolute atomic E-state index is 12.3. The fourth-order valence-electron chi connectivity index (χ4n) is 3.96. The largest absolute Gasteiger partial charge is 0.456 e. The number of ether oxygens (including phenoxy) is 1. The van der Waals surface area contributed by atoms with Crippen LogP contribution in [-0.4, -0.2) is 35.7 Å². The van der Waals surface area contributed by atoms with Crippen LogP contribution in [0.4, 0.5) is 5.69 Å². The van der Waals surface area contributed by atoms with Crippen LogP contribution in [-0.2, 0) is 32.0 Å². The molecular formula is C21H28N2O6. The van der Waals surface area contributed by atoms with Gasteiger partial charge in [0.1, 0.15) is 5.78 Å². The Morgan fingerprint density at radius 2 is 1.86 bits per heavy atom. The summed E-state index contributed by atoms with van der Waals surface area (Å²) in [6.45, 7) is 4.95. The molecule has 1 aromatic carbocycles. The Morgan fingerprint density at radius 1 is 1.24 bits per heavy atom. The molecule has 29 heavy (non-hydrogen) atoms. The Labute approximate surface area is 170 Å². The van der Waals surface area contributed by atoms with E-state index in [1.807, 2.05) is 32.0 Å². The molecule has 1 N–H and O–H groups in total. The molecule has 8 nitrogen and oxygen atoms in total. The van der Waals surface area contributed by atoms with E-state index in [9.17, 15) is 24.5 Å². The number of nitro groups is 1. The van der Waals surface area contributed by atoms with E-state index in [4.69, 9.17) is 4.74 Å². The molecule has 1 aliphatic rings. The van der Waals surface area contributed by atoms with Gasteiger partial charge in [0, 0.05) is 28.9 Å². The fraction of sp³-hybridized carbons (Fsp3) is 0.571. The van der Waals surface area contributed by atoms with Crippen molar-refractivity contribution in [3.05, 3.63) is 39.4 Å². The molecular weight excluding hydrogens is 376 g/mol. The lowest BCUT2D eigenvalue weighted by Crippen LogP contribution is -2.28. The topological polar surface area (TPSA) is 116 Å². The first-order chi connectivity index (χ1) is 13.8. The number of rotatable bonds is 9. The van der Waals surface area contributed by atoms with Gasteiger partial charge in [-0.15, -0.1) is 0 Å². The molecule has 8 heteroatoms. The van der Waals surface area contributed by atoms with Crippen molar-refractivity contribution < 1.29 is 24.0 Å². The number of carbonyl (C=O) groups is 3. The van der Waals surface area contributed by atoms with E-state index in [0.29, 0.717) is 0 Å². The Morgan fingerprint density at radius 3 is 2.41 bits per heavy atom. The molecule has 3 atom stereocenters. The van der Waals surface area contributed by atoms with Crippen LogP contribution >= 0.6 is 0 Å². The zero-order valence-corrected chi connectivity index (χ0v) is 17.1. The van der Waals surface area contributed by atoms with Crippen molar-refractivity contribution in [2.24, 2.45) is 17.8 Å². The van der Waals surface area contributed by atoms with E-state index in [1.165, 1.54) is 0 Å². The number of para-hydroxylation sites is 1. The molecule has 0 heterocycles. The summed E-state index contributed by atoms with van der Waals surface area (Å²) >= 11 is 0. The van der Waals surface area contributed by atoms with Crippen molar-refractivity contribution in [2.45, 2.75) is 46.5 Å². The van der Waals surface area contributed by atoms with E-state index >= 15 is 0 Å². The Balaban J connectivity index is 1.93. The third-order valence-electron chi connectivity index (χ3n) is 5.56. The van der Waals surface area contributed by atoms with Crippen molar-refractivity contribution in [1.82, 2.24) is 0 Å². The lowest BCUT2D eigenvalue weighted by Gasteiger charge is -2.17. The van der Waals surface area contributed by atoms with Gasteiger partial charge in [-0.2, -0.15) is 0 Å². The van der Waals surface area contributed by atoms with Gasteiger partial charge >= 0.3 is 5.97 Å². The summed E-state index contributed by atoms with van der Waals surface area (Å²) in [6, 6.07) is 5.81. The van der Waals surface area contributed by atoms with Gasteiger partial charge in [-0.1, -0.05) is 39.0 Å². The lowest BCUT2D eigenvalue weighted by molar-refractivity contribution is -0.490. The second kappa shape index (κ2) is 10.1. The average Bonchev–Trinajstić information content (AvgIpc) is 2.93. The highest BCUT2D eigenvalue weighted by molar-refractivity contribution is 5.94. The monoisotopic (exact) mass is 404 g/mol. The first-order valence-corrected chi connectivity index (χ1v) is 9.97. The molecule has 0 bridgehead atoms. The van der Waals surface area contributed by atoms with Gasteiger partial charge in [0.05, 0.1) is 6.42 Å². The summed E-state index contributed by atoms with van der Waals surface area (Å²) in [4.78, 5) is 47.0. The van der Waals surface area contributed by atoms with E-state index in [-0.39, 0.29) is 31.1 Å². The molecule has 0 unspecified atom stereocenters. The maximum Gasteiger partial charge on any atom is 0.307 e. The number of ketones is 1. The number of esters is 1. The van der Waals surface area contributed by atoms with Crippen molar-refractivity contribution in [1.29, 1.82) is 0 Å². The number of carbonyl (C=O) groups excluding carboxylic acids is 3. The molecule has 0 spiro atoms. The van der Waals surface area contributed by atoms with Crippen LogP contribution < -0.4 is 5.32 Å². The molecule has 0 aromatic heterocycles. The van der Waals surface area contributed by atoms with E-state index in [1.54, 1.807) is 6.92 Å². The Hall–Kier alpha value is -2.77. The summed E-state index contributed by atoms with van der Waals surface area (Å²) in [6.07, 6.45) is 1.50. The van der Waals surface area contributed by atoms with Gasteiger partial charge in [-0.25, -0.2) is 0 Å². The van der Waals surface area contributed by atoms with E-state index < -0.39 is 35.2 Å².